The Morgan fingerprint density at radius 3 is 2.48 bits per heavy atom. The van der Waals surface area contributed by atoms with Gasteiger partial charge in [0.25, 0.3) is 5.91 Å². The molecule has 0 aliphatic carbocycles. The van der Waals surface area contributed by atoms with Crippen molar-refractivity contribution in [1.82, 2.24) is 10.2 Å². The third-order valence-corrected chi connectivity index (χ3v) is 6.39. The van der Waals surface area contributed by atoms with E-state index in [0.29, 0.717) is 10.7 Å². The van der Waals surface area contributed by atoms with E-state index in [1.807, 2.05) is 54.8 Å². The van der Waals surface area contributed by atoms with Gasteiger partial charge in [-0.3, -0.25) is 10.1 Å². The molecule has 0 unspecified atom stereocenters. The van der Waals surface area contributed by atoms with Gasteiger partial charge in [0, 0.05) is 21.2 Å². The zero-order valence-corrected chi connectivity index (χ0v) is 16.4. The lowest BCUT2D eigenvalue weighted by Gasteiger charge is -2.05. The Bertz CT molecular complexity index is 850. The predicted molar refractivity (Wildman–Crippen MR) is 107 cm³/mol. The Labute approximate surface area is 163 Å². The number of aromatic nitrogens is 2. The lowest BCUT2D eigenvalue weighted by molar-refractivity contribution is 0.102. The fraction of sp³-hybridized carbons (Fsp3) is 0.118. The van der Waals surface area contributed by atoms with Crippen LogP contribution in [0.5, 0.6) is 0 Å². The molecule has 0 aliphatic heterocycles. The first-order chi connectivity index (χ1) is 12.1. The van der Waals surface area contributed by atoms with Crippen LogP contribution < -0.4 is 5.32 Å². The number of hydrogen-bond acceptors (Lipinski definition) is 6. The van der Waals surface area contributed by atoms with Crippen LogP contribution >= 0.6 is 46.5 Å². The molecule has 0 atom stereocenters. The van der Waals surface area contributed by atoms with E-state index in [1.165, 1.54) is 23.1 Å². The topological polar surface area (TPSA) is 54.9 Å². The minimum absolute atomic E-state index is 0.180. The minimum atomic E-state index is -0.180. The lowest BCUT2D eigenvalue weighted by Crippen LogP contribution is -2.11. The Morgan fingerprint density at radius 2 is 1.84 bits per heavy atom. The highest BCUT2D eigenvalue weighted by Crippen LogP contribution is 2.25. The van der Waals surface area contributed by atoms with E-state index in [0.717, 1.165) is 25.6 Å². The molecule has 1 N–H and O–H groups in total. The second-order valence-corrected chi connectivity index (χ2v) is 8.49. The molecule has 3 rings (SSSR count). The summed E-state index contributed by atoms with van der Waals surface area (Å²) >= 11 is 10.5. The quantitative estimate of drug-likeness (QED) is 0.434. The van der Waals surface area contributed by atoms with Gasteiger partial charge < -0.3 is 0 Å². The molecule has 0 fully saturated rings. The van der Waals surface area contributed by atoms with Crippen molar-refractivity contribution in [3.63, 3.8) is 0 Å². The molecule has 8 heteroatoms. The number of hydrogen-bond donors (Lipinski definition) is 1. The first-order valence-electron chi connectivity index (χ1n) is 7.30. The smallest absolute Gasteiger partial charge is 0.257 e. The van der Waals surface area contributed by atoms with Crippen molar-refractivity contribution in [2.45, 2.75) is 15.0 Å². The van der Waals surface area contributed by atoms with Crippen molar-refractivity contribution < 1.29 is 4.79 Å². The van der Waals surface area contributed by atoms with Crippen molar-refractivity contribution >= 4 is 57.5 Å². The van der Waals surface area contributed by atoms with E-state index in [1.54, 1.807) is 11.8 Å². The highest BCUT2D eigenvalue weighted by molar-refractivity contribution is 8.00. The number of nitrogens with one attached hydrogen (secondary N) is 1. The average molecular weight is 408 g/mol. The summed E-state index contributed by atoms with van der Waals surface area (Å²) < 4.78 is 0.824. The standard InChI is InChI=1S/C17H14ClN3OS3/c1-23-17-21-20-16(25-17)19-15(22)12-4-2-11(3-5-12)10-24-14-8-6-13(18)7-9-14/h2-9H,10H2,1H3,(H,19,20,22). The van der Waals surface area contributed by atoms with Crippen LogP contribution in [0.25, 0.3) is 0 Å². The summed E-state index contributed by atoms with van der Waals surface area (Å²) in [4.78, 5) is 13.4. The van der Waals surface area contributed by atoms with Gasteiger partial charge in [-0.25, -0.2) is 0 Å². The van der Waals surface area contributed by atoms with Crippen molar-refractivity contribution in [3.8, 4) is 0 Å². The minimum Gasteiger partial charge on any atom is -0.296 e. The molecule has 25 heavy (non-hydrogen) atoms. The summed E-state index contributed by atoms with van der Waals surface area (Å²) in [6, 6.07) is 15.3. The summed E-state index contributed by atoms with van der Waals surface area (Å²) in [6.07, 6.45) is 1.92. The largest absolute Gasteiger partial charge is 0.296 e. The van der Waals surface area contributed by atoms with E-state index in [4.69, 9.17) is 11.6 Å². The van der Waals surface area contributed by atoms with Crippen LogP contribution in [0.2, 0.25) is 5.02 Å². The van der Waals surface area contributed by atoms with Gasteiger partial charge in [0.05, 0.1) is 0 Å². The van der Waals surface area contributed by atoms with Crippen LogP contribution in [0.4, 0.5) is 5.13 Å². The van der Waals surface area contributed by atoms with E-state index in [9.17, 15) is 4.79 Å². The number of carbonyl (C=O) groups is 1. The van der Waals surface area contributed by atoms with Gasteiger partial charge in [0.15, 0.2) is 4.34 Å². The monoisotopic (exact) mass is 407 g/mol. The number of thioether (sulfide) groups is 2. The Hall–Kier alpha value is -1.54. The maximum atomic E-state index is 12.2. The fourth-order valence-corrected chi connectivity index (χ4v) is 4.11. The molecule has 2 aromatic carbocycles. The summed E-state index contributed by atoms with van der Waals surface area (Å²) in [6.45, 7) is 0. The molecule has 1 amide bonds. The molecule has 3 aromatic rings. The zero-order chi connectivity index (χ0) is 17.6. The van der Waals surface area contributed by atoms with Gasteiger partial charge in [0.2, 0.25) is 5.13 Å². The van der Waals surface area contributed by atoms with Crippen molar-refractivity contribution in [2.75, 3.05) is 11.6 Å². The highest BCUT2D eigenvalue weighted by atomic mass is 35.5. The molecule has 1 heterocycles. The predicted octanol–water partition coefficient (Wildman–Crippen LogP) is 5.46. The molecule has 0 spiro atoms. The Kier molecular flexibility index (Phi) is 6.36. The van der Waals surface area contributed by atoms with Gasteiger partial charge in [-0.2, -0.15) is 0 Å². The Balaban J connectivity index is 1.57. The SMILES string of the molecule is CSc1nnc(NC(=O)c2ccc(CSc3ccc(Cl)cc3)cc2)s1. The van der Waals surface area contributed by atoms with Crippen LogP contribution in [-0.2, 0) is 5.75 Å². The van der Waals surface area contributed by atoms with E-state index in [-0.39, 0.29) is 5.91 Å². The first-order valence-corrected chi connectivity index (χ1v) is 10.7. The molecular weight excluding hydrogens is 394 g/mol. The molecule has 1 aromatic heterocycles. The molecule has 0 saturated carbocycles. The van der Waals surface area contributed by atoms with Crippen LogP contribution in [0, 0.1) is 0 Å². The average Bonchev–Trinajstić information content (AvgIpc) is 3.09. The van der Waals surface area contributed by atoms with Crippen molar-refractivity contribution in [2.24, 2.45) is 0 Å². The van der Waals surface area contributed by atoms with E-state index < -0.39 is 0 Å². The lowest BCUT2D eigenvalue weighted by atomic mass is 10.1. The van der Waals surface area contributed by atoms with Gasteiger partial charge >= 0.3 is 0 Å². The molecular formula is C17H14ClN3OS3. The third-order valence-electron chi connectivity index (χ3n) is 3.24. The van der Waals surface area contributed by atoms with E-state index >= 15 is 0 Å². The number of benzene rings is 2. The van der Waals surface area contributed by atoms with E-state index in [2.05, 4.69) is 15.5 Å². The fourth-order valence-electron chi connectivity index (χ4n) is 1.96. The highest BCUT2D eigenvalue weighted by Gasteiger charge is 2.10. The van der Waals surface area contributed by atoms with Gasteiger partial charge in [-0.1, -0.05) is 46.8 Å². The molecule has 0 aliphatic rings. The second kappa shape index (κ2) is 8.71. The zero-order valence-electron chi connectivity index (χ0n) is 13.2. The number of rotatable bonds is 6. The van der Waals surface area contributed by atoms with Crippen LogP contribution in [-0.4, -0.2) is 22.4 Å². The summed E-state index contributed by atoms with van der Waals surface area (Å²) in [5, 5.41) is 11.9. The summed E-state index contributed by atoms with van der Waals surface area (Å²) in [5.74, 6) is 0.650. The number of anilines is 1. The van der Waals surface area contributed by atoms with Crippen molar-refractivity contribution in [1.29, 1.82) is 0 Å². The maximum absolute atomic E-state index is 12.2. The van der Waals surface area contributed by atoms with Crippen LogP contribution in [0.1, 0.15) is 15.9 Å². The third kappa shape index (κ3) is 5.22. The summed E-state index contributed by atoms with van der Waals surface area (Å²) in [7, 11) is 0. The molecule has 0 saturated heterocycles. The normalized spacial score (nSPS) is 10.6. The van der Waals surface area contributed by atoms with Crippen LogP contribution in [0.15, 0.2) is 57.8 Å². The Morgan fingerprint density at radius 1 is 1.12 bits per heavy atom. The maximum Gasteiger partial charge on any atom is 0.257 e. The first kappa shape index (κ1) is 18.3. The number of amides is 1. The molecule has 0 radical (unpaired) electrons. The molecule has 4 nitrogen and oxygen atoms in total. The number of nitrogens with zero attached hydrogens (tertiary/aromatic N) is 2. The molecule has 0 bridgehead atoms. The van der Waals surface area contributed by atoms with Gasteiger partial charge in [0.1, 0.15) is 0 Å². The van der Waals surface area contributed by atoms with Gasteiger partial charge in [-0.15, -0.1) is 22.0 Å². The second-order valence-electron chi connectivity index (χ2n) is 4.97. The van der Waals surface area contributed by atoms with Crippen LogP contribution in [0.3, 0.4) is 0 Å². The number of carbonyl (C=O) groups excluding carboxylic acids is 1. The number of halogens is 1. The molecule has 128 valence electrons. The van der Waals surface area contributed by atoms with Crippen molar-refractivity contribution in [3.05, 3.63) is 64.7 Å². The van der Waals surface area contributed by atoms with Gasteiger partial charge in [-0.05, 0) is 48.2 Å². The summed E-state index contributed by atoms with van der Waals surface area (Å²) in [5.41, 5.74) is 1.75.